The maximum absolute atomic E-state index is 2.61. The van der Waals surface area contributed by atoms with Crippen LogP contribution in [0, 0.1) is 0 Å². The molecule has 0 fully saturated rings. The van der Waals surface area contributed by atoms with Gasteiger partial charge in [-0.2, -0.15) is 0 Å². The first kappa shape index (κ1) is 14.9. The number of fused-ring (bicyclic) bond motifs is 4. The summed E-state index contributed by atoms with van der Waals surface area (Å²) in [5.74, 6) is 0. The molecule has 0 saturated carbocycles. The molecule has 2 heteroatoms. The predicted molar refractivity (Wildman–Crippen MR) is 136 cm³/mol. The Balaban J connectivity index is 1.55. The van der Waals surface area contributed by atoms with Crippen molar-refractivity contribution in [3.63, 3.8) is 0 Å². The van der Waals surface area contributed by atoms with Crippen LogP contribution in [0.2, 0.25) is 0 Å². The van der Waals surface area contributed by atoms with Crippen molar-refractivity contribution in [3.05, 3.63) is 84.9 Å². The van der Waals surface area contributed by atoms with Crippen LogP contribution < -0.4 is 16.4 Å². The van der Waals surface area contributed by atoms with Crippen molar-refractivity contribution in [1.82, 2.24) is 4.40 Å². The highest BCUT2D eigenvalue weighted by molar-refractivity contribution is 7.05. The van der Waals surface area contributed by atoms with Crippen molar-refractivity contribution in [2.75, 3.05) is 0 Å². The Labute approximate surface area is 183 Å². The van der Waals surface area contributed by atoms with E-state index in [0.717, 1.165) is 0 Å². The fourth-order valence-electron chi connectivity index (χ4n) is 7.46. The summed E-state index contributed by atoms with van der Waals surface area (Å²) in [5.41, 5.74) is 17.4. The van der Waals surface area contributed by atoms with Gasteiger partial charge in [0.2, 0.25) is 6.71 Å². The highest BCUT2D eigenvalue weighted by Gasteiger charge is 2.48. The number of nitrogens with zero attached hydrogens (tertiary/aromatic N) is 1. The molecule has 5 aromatic carbocycles. The Morgan fingerprint density at radius 3 is 1.81 bits per heavy atom. The van der Waals surface area contributed by atoms with Crippen molar-refractivity contribution in [2.45, 2.75) is 0 Å². The summed E-state index contributed by atoms with van der Waals surface area (Å²) in [6, 6.07) is 32.1. The molecule has 2 aromatic heterocycles. The fourth-order valence-corrected chi connectivity index (χ4v) is 7.46. The van der Waals surface area contributed by atoms with Crippen LogP contribution in [0.5, 0.6) is 0 Å². The third-order valence-electron chi connectivity index (χ3n) is 8.48. The van der Waals surface area contributed by atoms with E-state index in [4.69, 9.17) is 0 Å². The number of rotatable bonds is 1. The first-order valence-corrected chi connectivity index (χ1v) is 11.4. The molecule has 3 aliphatic heterocycles. The lowest BCUT2D eigenvalue weighted by molar-refractivity contribution is 1.38. The molecule has 5 heterocycles. The molecule has 0 amide bonds. The molecule has 0 N–H and O–H groups in total. The molecule has 1 nitrogen and oxygen atoms in total. The molecular formula is C30H14BN. The highest BCUT2D eigenvalue weighted by Crippen LogP contribution is 2.48. The molecule has 7 aromatic rings. The van der Waals surface area contributed by atoms with Gasteiger partial charge in [0.1, 0.15) is 0 Å². The second-order valence-corrected chi connectivity index (χ2v) is 9.63. The van der Waals surface area contributed by atoms with E-state index in [-0.39, 0.29) is 0 Å². The van der Waals surface area contributed by atoms with Crippen molar-refractivity contribution in [3.8, 4) is 33.4 Å². The van der Waals surface area contributed by atoms with Gasteiger partial charge in [-0.3, -0.25) is 0 Å². The average Bonchev–Trinajstić information content (AvgIpc) is 3.56. The Bertz CT molecular complexity index is 2030. The van der Waals surface area contributed by atoms with Gasteiger partial charge in [-0.1, -0.05) is 90.4 Å². The van der Waals surface area contributed by atoms with E-state index in [1.165, 1.54) is 87.9 Å². The van der Waals surface area contributed by atoms with Gasteiger partial charge in [0.05, 0.1) is 16.6 Å². The molecule has 0 bridgehead atoms. The molecule has 0 unspecified atom stereocenters. The average molecular weight is 399 g/mol. The van der Waals surface area contributed by atoms with E-state index in [0.29, 0.717) is 6.71 Å². The third kappa shape index (κ3) is 1.27. The lowest BCUT2D eigenvalue weighted by Gasteiger charge is -2.18. The minimum absolute atomic E-state index is 0.373. The van der Waals surface area contributed by atoms with Crippen molar-refractivity contribution in [1.29, 1.82) is 0 Å². The number of para-hydroxylation sites is 1. The second-order valence-electron chi connectivity index (χ2n) is 9.63. The lowest BCUT2D eigenvalue weighted by Crippen LogP contribution is -2.48. The van der Waals surface area contributed by atoms with Crippen LogP contribution in [0.4, 0.5) is 0 Å². The summed E-state index contributed by atoms with van der Waals surface area (Å²) >= 11 is 0. The standard InChI is InChI=1S/C30H14BN/c1-2-5-15(6-3-1)16-9-10-17-18-11-12-21-19-7-4-8-20-22-13-14-23-24(16)25(17)31-26(18)29(21)32(28(19)20)30(22)27(23)31/h1-14H. The molecule has 0 spiro atoms. The SMILES string of the molecule is c1ccc(-c2ccc3c4c2-c2ccc5c6cccc7c8ccc-3c3c8n(c5c2B43)c76)cc1. The van der Waals surface area contributed by atoms with Gasteiger partial charge in [-0.25, -0.2) is 0 Å². The van der Waals surface area contributed by atoms with E-state index in [9.17, 15) is 0 Å². The van der Waals surface area contributed by atoms with E-state index in [1.807, 2.05) is 0 Å². The summed E-state index contributed by atoms with van der Waals surface area (Å²) < 4.78 is 2.61. The van der Waals surface area contributed by atoms with E-state index in [1.54, 1.807) is 0 Å². The van der Waals surface area contributed by atoms with E-state index >= 15 is 0 Å². The highest BCUT2D eigenvalue weighted by atomic mass is 14.9. The predicted octanol–water partition coefficient (Wildman–Crippen LogP) is 5.29. The molecule has 10 rings (SSSR count). The summed E-state index contributed by atoms with van der Waals surface area (Å²) in [4.78, 5) is 0. The fraction of sp³-hybridized carbons (Fsp3) is 0. The minimum Gasteiger partial charge on any atom is -0.309 e. The second kappa shape index (κ2) is 4.44. The maximum Gasteiger partial charge on any atom is 0.249 e. The van der Waals surface area contributed by atoms with Gasteiger partial charge in [-0.05, 0) is 44.3 Å². The topological polar surface area (TPSA) is 4.41 Å². The number of benzene rings is 5. The zero-order valence-electron chi connectivity index (χ0n) is 17.1. The summed E-state index contributed by atoms with van der Waals surface area (Å²) in [6.45, 7) is 0.373. The minimum atomic E-state index is 0.373. The Hall–Kier alpha value is -4.04. The maximum atomic E-state index is 2.61. The van der Waals surface area contributed by atoms with Crippen LogP contribution in [0.25, 0.3) is 71.5 Å². The molecule has 0 saturated heterocycles. The van der Waals surface area contributed by atoms with Gasteiger partial charge in [-0.15, -0.1) is 0 Å². The lowest BCUT2D eigenvalue weighted by atomic mass is 9.40. The number of hydrogen-bond donors (Lipinski definition) is 0. The first-order valence-electron chi connectivity index (χ1n) is 11.4. The molecule has 0 aliphatic carbocycles. The van der Waals surface area contributed by atoms with Crippen molar-refractivity contribution >= 4 is 61.2 Å². The Morgan fingerprint density at radius 2 is 1.03 bits per heavy atom. The third-order valence-corrected chi connectivity index (χ3v) is 8.48. The molecule has 0 atom stereocenters. The van der Waals surface area contributed by atoms with Gasteiger partial charge in [0, 0.05) is 21.5 Å². The van der Waals surface area contributed by atoms with Crippen LogP contribution in [0.15, 0.2) is 84.9 Å². The normalized spacial score (nSPS) is 14.2. The zero-order valence-corrected chi connectivity index (χ0v) is 17.1. The van der Waals surface area contributed by atoms with E-state index in [2.05, 4.69) is 89.3 Å². The number of aromatic nitrogens is 1. The molecule has 0 radical (unpaired) electrons. The number of hydrogen-bond acceptors (Lipinski definition) is 0. The van der Waals surface area contributed by atoms with Crippen molar-refractivity contribution < 1.29 is 0 Å². The molecule has 32 heavy (non-hydrogen) atoms. The van der Waals surface area contributed by atoms with Gasteiger partial charge >= 0.3 is 0 Å². The molecule has 142 valence electrons. The van der Waals surface area contributed by atoms with Crippen molar-refractivity contribution in [2.24, 2.45) is 0 Å². The van der Waals surface area contributed by atoms with Crippen LogP contribution in [-0.4, -0.2) is 11.1 Å². The van der Waals surface area contributed by atoms with Gasteiger partial charge in [0.25, 0.3) is 0 Å². The van der Waals surface area contributed by atoms with Crippen LogP contribution in [-0.2, 0) is 0 Å². The van der Waals surface area contributed by atoms with Gasteiger partial charge in [0.15, 0.2) is 0 Å². The first-order chi connectivity index (χ1) is 15.9. The molecule has 3 aliphatic rings. The van der Waals surface area contributed by atoms with Gasteiger partial charge < -0.3 is 4.40 Å². The van der Waals surface area contributed by atoms with Crippen LogP contribution in [0.1, 0.15) is 0 Å². The smallest absolute Gasteiger partial charge is 0.249 e. The van der Waals surface area contributed by atoms with E-state index < -0.39 is 0 Å². The molecular weight excluding hydrogens is 385 g/mol. The summed E-state index contributed by atoms with van der Waals surface area (Å²) in [5, 5.41) is 5.60. The quantitative estimate of drug-likeness (QED) is 0.330. The zero-order chi connectivity index (χ0) is 20.3. The van der Waals surface area contributed by atoms with Crippen LogP contribution in [0.3, 0.4) is 0 Å². The van der Waals surface area contributed by atoms with Crippen LogP contribution >= 0.6 is 0 Å². The summed E-state index contributed by atoms with van der Waals surface area (Å²) in [7, 11) is 0. The monoisotopic (exact) mass is 399 g/mol. The Kier molecular flexibility index (Phi) is 2.07. The Morgan fingerprint density at radius 1 is 0.438 bits per heavy atom. The summed E-state index contributed by atoms with van der Waals surface area (Å²) in [6.07, 6.45) is 0. The largest absolute Gasteiger partial charge is 0.309 e.